The Hall–Kier alpha value is -1.26. The van der Waals surface area contributed by atoms with Crippen LogP contribution in [0.25, 0.3) is 0 Å². The highest BCUT2D eigenvalue weighted by Gasteiger charge is 2.05. The van der Waals surface area contributed by atoms with Crippen LogP contribution in [0.1, 0.15) is 65.2 Å². The first-order valence-electron chi connectivity index (χ1n) is 6.94. The maximum atomic E-state index is 11.2. The molecule has 2 N–H and O–H groups in total. The normalized spacial score (nSPS) is 9.89. The number of hydrogen-bond donors (Lipinski definition) is 2. The van der Waals surface area contributed by atoms with Gasteiger partial charge in [0, 0.05) is 13.0 Å². The number of amides is 2. The maximum Gasteiger partial charge on any atom is 0.431 e. The minimum atomic E-state index is -0.588. The standard InChI is InChI=1S/C13H26N2O3/c1-3-5-7-8-9-11-14-13(17)18-15-12(16)10-6-4-2/h3-11H2,1-2H3,(H,14,17)(H,15,16). The zero-order valence-corrected chi connectivity index (χ0v) is 11.6. The monoisotopic (exact) mass is 258 g/mol. The lowest BCUT2D eigenvalue weighted by Gasteiger charge is -2.06. The van der Waals surface area contributed by atoms with Crippen LogP contribution in [0.3, 0.4) is 0 Å². The summed E-state index contributed by atoms with van der Waals surface area (Å²) in [5.74, 6) is -0.255. The van der Waals surface area contributed by atoms with E-state index in [1.54, 1.807) is 0 Å². The molecule has 0 aromatic rings. The molecule has 106 valence electrons. The highest BCUT2D eigenvalue weighted by atomic mass is 16.7. The largest absolute Gasteiger partial charge is 0.431 e. The number of unbranched alkanes of at least 4 members (excludes halogenated alkanes) is 5. The van der Waals surface area contributed by atoms with Crippen molar-refractivity contribution < 1.29 is 14.4 Å². The van der Waals surface area contributed by atoms with Gasteiger partial charge in [0.1, 0.15) is 0 Å². The van der Waals surface area contributed by atoms with Gasteiger partial charge in [0.2, 0.25) is 0 Å². The Bertz CT molecular complexity index is 232. The van der Waals surface area contributed by atoms with Gasteiger partial charge in [-0.15, -0.1) is 0 Å². The third-order valence-corrected chi connectivity index (χ3v) is 2.56. The molecule has 0 aliphatic rings. The number of hydroxylamine groups is 1. The van der Waals surface area contributed by atoms with E-state index in [1.807, 2.05) is 6.92 Å². The smallest absolute Gasteiger partial charge is 0.322 e. The first-order chi connectivity index (χ1) is 8.70. The van der Waals surface area contributed by atoms with Crippen LogP contribution in [0, 0.1) is 0 Å². The van der Waals surface area contributed by atoms with E-state index in [4.69, 9.17) is 0 Å². The quantitative estimate of drug-likeness (QED) is 0.493. The number of carbonyl (C=O) groups is 2. The summed E-state index contributed by atoms with van der Waals surface area (Å²) in [6.45, 7) is 4.75. The van der Waals surface area contributed by atoms with Crippen molar-refractivity contribution in [3.05, 3.63) is 0 Å². The van der Waals surface area contributed by atoms with E-state index in [0.29, 0.717) is 13.0 Å². The minimum absolute atomic E-state index is 0.255. The first kappa shape index (κ1) is 16.7. The average molecular weight is 258 g/mol. The van der Waals surface area contributed by atoms with Crippen LogP contribution in [-0.4, -0.2) is 18.5 Å². The van der Waals surface area contributed by atoms with Crippen molar-refractivity contribution in [1.82, 2.24) is 10.8 Å². The fourth-order valence-electron chi connectivity index (χ4n) is 1.45. The van der Waals surface area contributed by atoms with Gasteiger partial charge in [-0.05, 0) is 12.8 Å². The molecule has 18 heavy (non-hydrogen) atoms. The minimum Gasteiger partial charge on any atom is -0.322 e. The molecule has 0 atom stereocenters. The van der Waals surface area contributed by atoms with Crippen LogP contribution in [0.5, 0.6) is 0 Å². The SMILES string of the molecule is CCCCCCCNC(=O)ONC(=O)CCCC. The second-order valence-corrected chi connectivity index (χ2v) is 4.36. The third-order valence-electron chi connectivity index (χ3n) is 2.56. The summed E-state index contributed by atoms with van der Waals surface area (Å²) < 4.78 is 0. The molecule has 0 radical (unpaired) electrons. The molecule has 0 aromatic heterocycles. The Morgan fingerprint density at radius 2 is 1.61 bits per heavy atom. The second-order valence-electron chi connectivity index (χ2n) is 4.36. The van der Waals surface area contributed by atoms with E-state index in [-0.39, 0.29) is 5.91 Å². The van der Waals surface area contributed by atoms with E-state index in [2.05, 4.69) is 22.6 Å². The van der Waals surface area contributed by atoms with E-state index in [1.165, 1.54) is 19.3 Å². The summed E-state index contributed by atoms with van der Waals surface area (Å²) >= 11 is 0. The van der Waals surface area contributed by atoms with Crippen LogP contribution in [-0.2, 0) is 9.63 Å². The Kier molecular flexibility index (Phi) is 11.3. The number of nitrogens with one attached hydrogen (secondary N) is 2. The van der Waals surface area contributed by atoms with E-state index in [9.17, 15) is 9.59 Å². The van der Waals surface area contributed by atoms with Crippen LogP contribution in [0.4, 0.5) is 4.79 Å². The first-order valence-corrected chi connectivity index (χ1v) is 6.94. The van der Waals surface area contributed by atoms with Gasteiger partial charge in [0.15, 0.2) is 0 Å². The van der Waals surface area contributed by atoms with Gasteiger partial charge in [-0.2, -0.15) is 5.48 Å². The van der Waals surface area contributed by atoms with E-state index in [0.717, 1.165) is 25.7 Å². The zero-order valence-electron chi connectivity index (χ0n) is 11.6. The van der Waals surface area contributed by atoms with Crippen molar-refractivity contribution >= 4 is 12.0 Å². The molecule has 0 saturated carbocycles. The van der Waals surface area contributed by atoms with Gasteiger partial charge >= 0.3 is 6.09 Å². The molecule has 0 bridgehead atoms. The van der Waals surface area contributed by atoms with Crippen molar-refractivity contribution in [2.45, 2.75) is 65.2 Å². The highest BCUT2D eigenvalue weighted by molar-refractivity contribution is 5.77. The topological polar surface area (TPSA) is 67.4 Å². The lowest BCUT2D eigenvalue weighted by molar-refractivity contribution is -0.129. The zero-order chi connectivity index (χ0) is 13.6. The summed E-state index contributed by atoms with van der Waals surface area (Å²) in [5.41, 5.74) is 2.13. The molecular weight excluding hydrogens is 232 g/mol. The fraction of sp³-hybridized carbons (Fsp3) is 0.846. The fourth-order valence-corrected chi connectivity index (χ4v) is 1.45. The van der Waals surface area contributed by atoms with Gasteiger partial charge in [-0.25, -0.2) is 4.79 Å². The molecule has 0 aromatic carbocycles. The molecule has 0 saturated heterocycles. The predicted octanol–water partition coefficient (Wildman–Crippen LogP) is 2.90. The van der Waals surface area contributed by atoms with Gasteiger partial charge in [-0.3, -0.25) is 4.79 Å². The van der Waals surface area contributed by atoms with Crippen molar-refractivity contribution in [2.75, 3.05) is 6.54 Å². The number of carbonyl (C=O) groups excluding carboxylic acids is 2. The lowest BCUT2D eigenvalue weighted by atomic mass is 10.1. The summed E-state index contributed by atoms with van der Waals surface area (Å²) in [4.78, 5) is 26.9. The molecule has 5 nitrogen and oxygen atoms in total. The van der Waals surface area contributed by atoms with Crippen LogP contribution >= 0.6 is 0 Å². The molecule has 0 unspecified atom stereocenters. The molecule has 0 aliphatic carbocycles. The maximum absolute atomic E-state index is 11.2. The van der Waals surface area contributed by atoms with Gasteiger partial charge in [0.25, 0.3) is 5.91 Å². The summed E-state index contributed by atoms with van der Waals surface area (Å²) in [6.07, 6.45) is 7.23. The van der Waals surface area contributed by atoms with Crippen molar-refractivity contribution in [2.24, 2.45) is 0 Å². The third kappa shape index (κ3) is 11.2. The van der Waals surface area contributed by atoms with Gasteiger partial charge < -0.3 is 10.2 Å². The Morgan fingerprint density at radius 3 is 2.28 bits per heavy atom. The average Bonchev–Trinajstić information content (AvgIpc) is 2.38. The molecule has 2 amide bonds. The van der Waals surface area contributed by atoms with E-state index < -0.39 is 6.09 Å². The predicted molar refractivity (Wildman–Crippen MR) is 70.9 cm³/mol. The van der Waals surface area contributed by atoms with E-state index >= 15 is 0 Å². The van der Waals surface area contributed by atoms with Crippen LogP contribution in [0.15, 0.2) is 0 Å². The lowest BCUT2D eigenvalue weighted by Crippen LogP contribution is -2.34. The van der Waals surface area contributed by atoms with Gasteiger partial charge in [-0.1, -0.05) is 46.0 Å². The van der Waals surface area contributed by atoms with Crippen LogP contribution < -0.4 is 10.8 Å². The number of rotatable bonds is 9. The Morgan fingerprint density at radius 1 is 0.944 bits per heavy atom. The summed E-state index contributed by atoms with van der Waals surface area (Å²) in [5, 5.41) is 2.60. The van der Waals surface area contributed by atoms with Crippen LogP contribution in [0.2, 0.25) is 0 Å². The molecule has 5 heteroatoms. The Balaban J connectivity index is 3.34. The Labute approximate surface area is 110 Å². The molecule has 0 fully saturated rings. The van der Waals surface area contributed by atoms with Crippen molar-refractivity contribution in [3.63, 3.8) is 0 Å². The molecule has 0 aliphatic heterocycles. The van der Waals surface area contributed by atoms with Crippen molar-refractivity contribution in [1.29, 1.82) is 0 Å². The molecule has 0 spiro atoms. The highest BCUT2D eigenvalue weighted by Crippen LogP contribution is 2.01. The van der Waals surface area contributed by atoms with Gasteiger partial charge in [0.05, 0.1) is 0 Å². The number of hydrogen-bond acceptors (Lipinski definition) is 3. The summed E-state index contributed by atoms with van der Waals surface area (Å²) in [7, 11) is 0. The molecule has 0 rings (SSSR count). The summed E-state index contributed by atoms with van der Waals surface area (Å²) in [6, 6.07) is 0. The second kappa shape index (κ2) is 12.2. The molecule has 0 heterocycles. The van der Waals surface area contributed by atoms with Crippen molar-refractivity contribution in [3.8, 4) is 0 Å². The molecular formula is C13H26N2O3.